The third kappa shape index (κ3) is 4.40. The first-order valence-corrected chi connectivity index (χ1v) is 6.99. The molecule has 0 aliphatic carbocycles. The molecule has 0 unspecified atom stereocenters. The normalized spacial score (nSPS) is 12.1. The molecule has 9 heteroatoms. The van der Waals surface area contributed by atoms with E-state index < -0.39 is 12.4 Å². The van der Waals surface area contributed by atoms with Crippen LogP contribution in [-0.4, -0.2) is 22.2 Å². The average molecular weight is 342 g/mol. The van der Waals surface area contributed by atoms with Gasteiger partial charge in [-0.05, 0) is 24.3 Å². The number of primary amides is 1. The summed E-state index contributed by atoms with van der Waals surface area (Å²) < 4.78 is 41.8. The minimum absolute atomic E-state index is 0.293. The lowest BCUT2D eigenvalue weighted by atomic mass is 9.92. The van der Waals surface area contributed by atoms with Crippen LogP contribution in [0.5, 0.6) is 5.75 Å². The van der Waals surface area contributed by atoms with E-state index in [9.17, 15) is 18.0 Å². The number of nitrogens with one attached hydrogen (secondary N) is 1. The van der Waals surface area contributed by atoms with Crippen LogP contribution >= 0.6 is 0 Å². The molecule has 0 aliphatic heterocycles. The van der Waals surface area contributed by atoms with Crippen molar-refractivity contribution in [1.82, 2.24) is 9.78 Å². The largest absolute Gasteiger partial charge is 0.573 e. The van der Waals surface area contributed by atoms with Crippen molar-refractivity contribution in [2.75, 3.05) is 5.32 Å². The highest BCUT2D eigenvalue weighted by molar-refractivity contribution is 5.87. The molecule has 1 aromatic carbocycles. The molecule has 0 saturated carbocycles. The van der Waals surface area contributed by atoms with E-state index in [-0.39, 0.29) is 11.2 Å². The minimum atomic E-state index is -4.76. The van der Waals surface area contributed by atoms with Crippen LogP contribution in [0, 0.1) is 0 Å². The zero-order valence-corrected chi connectivity index (χ0v) is 13.3. The van der Waals surface area contributed by atoms with Crippen LogP contribution < -0.4 is 15.8 Å². The van der Waals surface area contributed by atoms with Crippen LogP contribution in [0.4, 0.5) is 23.8 Å². The van der Waals surface area contributed by atoms with Gasteiger partial charge < -0.3 is 10.5 Å². The molecule has 2 amide bonds. The number of hydrogen-bond acceptors (Lipinski definition) is 3. The van der Waals surface area contributed by atoms with Crippen LogP contribution in [0.2, 0.25) is 0 Å². The number of urea groups is 1. The summed E-state index contributed by atoms with van der Waals surface area (Å²) in [6.07, 6.45) is -4.76. The average Bonchev–Trinajstić information content (AvgIpc) is 2.81. The SMILES string of the molecule is CC(C)(C)c1cc(NC(N)=O)n(-c2ccc(OC(F)(F)F)cc2)n1. The third-order valence-corrected chi connectivity index (χ3v) is 3.04. The van der Waals surface area contributed by atoms with Gasteiger partial charge in [-0.3, -0.25) is 5.32 Å². The lowest BCUT2D eigenvalue weighted by Gasteiger charge is -2.14. The van der Waals surface area contributed by atoms with E-state index in [4.69, 9.17) is 5.73 Å². The summed E-state index contributed by atoms with van der Waals surface area (Å²) in [7, 11) is 0. The Labute approximate surface area is 136 Å². The number of carbonyl (C=O) groups excluding carboxylic acids is 1. The fourth-order valence-corrected chi connectivity index (χ4v) is 1.95. The van der Waals surface area contributed by atoms with Gasteiger partial charge in [-0.2, -0.15) is 5.10 Å². The van der Waals surface area contributed by atoms with Crippen molar-refractivity contribution >= 4 is 11.8 Å². The predicted molar refractivity (Wildman–Crippen MR) is 82.2 cm³/mol. The molecule has 0 aliphatic rings. The van der Waals surface area contributed by atoms with E-state index in [1.165, 1.54) is 16.8 Å². The molecule has 0 fully saturated rings. The summed E-state index contributed by atoms with van der Waals surface area (Å²) in [6, 6.07) is 6.00. The number of aromatic nitrogens is 2. The second-order valence-corrected chi connectivity index (χ2v) is 6.11. The van der Waals surface area contributed by atoms with Gasteiger partial charge >= 0.3 is 12.4 Å². The van der Waals surface area contributed by atoms with Gasteiger partial charge in [-0.15, -0.1) is 13.2 Å². The minimum Gasteiger partial charge on any atom is -0.406 e. The number of nitrogens with two attached hydrogens (primary N) is 1. The fraction of sp³-hybridized carbons (Fsp3) is 0.333. The van der Waals surface area contributed by atoms with E-state index in [2.05, 4.69) is 15.2 Å². The zero-order chi connectivity index (χ0) is 18.1. The van der Waals surface area contributed by atoms with Crippen molar-refractivity contribution in [3.05, 3.63) is 36.0 Å². The molecule has 130 valence electrons. The van der Waals surface area contributed by atoms with Crippen LogP contribution in [0.1, 0.15) is 26.5 Å². The van der Waals surface area contributed by atoms with Crippen molar-refractivity contribution in [3.8, 4) is 11.4 Å². The molecule has 0 saturated heterocycles. The summed E-state index contributed by atoms with van der Waals surface area (Å²) in [6.45, 7) is 5.82. The highest BCUT2D eigenvalue weighted by Gasteiger charge is 2.31. The number of hydrogen-bond donors (Lipinski definition) is 2. The Morgan fingerprint density at radius 1 is 1.21 bits per heavy atom. The lowest BCUT2D eigenvalue weighted by Crippen LogP contribution is -2.21. The topological polar surface area (TPSA) is 82.2 Å². The molecule has 0 radical (unpaired) electrons. The maximum absolute atomic E-state index is 12.2. The number of nitrogens with zero attached hydrogens (tertiary/aromatic N) is 2. The number of halogens is 3. The van der Waals surface area contributed by atoms with Gasteiger partial charge in [-0.25, -0.2) is 9.48 Å². The van der Waals surface area contributed by atoms with Gasteiger partial charge in [0.05, 0.1) is 11.4 Å². The van der Waals surface area contributed by atoms with Gasteiger partial charge in [0.2, 0.25) is 0 Å². The van der Waals surface area contributed by atoms with Crippen molar-refractivity contribution in [3.63, 3.8) is 0 Å². The van der Waals surface area contributed by atoms with Crippen LogP contribution in [-0.2, 0) is 5.41 Å². The van der Waals surface area contributed by atoms with Gasteiger partial charge in [0.1, 0.15) is 11.6 Å². The molecule has 1 heterocycles. The number of ether oxygens (including phenoxy) is 1. The first-order valence-electron chi connectivity index (χ1n) is 6.99. The monoisotopic (exact) mass is 342 g/mol. The third-order valence-electron chi connectivity index (χ3n) is 3.04. The summed E-state index contributed by atoms with van der Waals surface area (Å²) >= 11 is 0. The molecule has 24 heavy (non-hydrogen) atoms. The number of benzene rings is 1. The second kappa shape index (κ2) is 6.06. The first-order chi connectivity index (χ1) is 11.0. The Hall–Kier alpha value is -2.71. The van der Waals surface area contributed by atoms with Crippen molar-refractivity contribution < 1.29 is 22.7 Å². The highest BCUT2D eigenvalue weighted by atomic mass is 19.4. The van der Waals surface area contributed by atoms with Gasteiger partial charge in [0, 0.05) is 11.5 Å². The molecule has 0 spiro atoms. The quantitative estimate of drug-likeness (QED) is 0.895. The molecule has 0 bridgehead atoms. The predicted octanol–water partition coefficient (Wildman–Crippen LogP) is 3.56. The van der Waals surface area contributed by atoms with Gasteiger partial charge in [0.25, 0.3) is 0 Å². The summed E-state index contributed by atoms with van der Waals surface area (Å²) in [5.41, 5.74) is 5.98. The molecule has 3 N–H and O–H groups in total. The second-order valence-electron chi connectivity index (χ2n) is 6.11. The zero-order valence-electron chi connectivity index (χ0n) is 13.3. The Kier molecular flexibility index (Phi) is 4.46. The molecule has 0 atom stereocenters. The molecule has 2 aromatic rings. The molecule has 2 rings (SSSR count). The number of alkyl halides is 3. The standard InChI is InChI=1S/C15H17F3N4O2/c1-14(2,3)11-8-12(20-13(19)23)22(21-11)9-4-6-10(7-5-9)24-15(16,17)18/h4-8H,1-3H3,(H3,19,20,23). The van der Waals surface area contributed by atoms with Crippen LogP contribution in [0.15, 0.2) is 30.3 Å². The number of rotatable bonds is 3. The van der Waals surface area contributed by atoms with E-state index in [0.717, 1.165) is 12.1 Å². The maximum atomic E-state index is 12.2. The smallest absolute Gasteiger partial charge is 0.406 e. The van der Waals surface area contributed by atoms with Crippen molar-refractivity contribution in [2.24, 2.45) is 5.73 Å². The van der Waals surface area contributed by atoms with Crippen molar-refractivity contribution in [1.29, 1.82) is 0 Å². The Morgan fingerprint density at radius 2 is 1.79 bits per heavy atom. The molecular weight excluding hydrogens is 325 g/mol. The fourth-order valence-electron chi connectivity index (χ4n) is 1.95. The molecule has 1 aromatic heterocycles. The van der Waals surface area contributed by atoms with E-state index in [1.807, 2.05) is 20.8 Å². The van der Waals surface area contributed by atoms with E-state index in [1.54, 1.807) is 6.07 Å². The summed E-state index contributed by atoms with van der Waals surface area (Å²) in [4.78, 5) is 11.1. The lowest BCUT2D eigenvalue weighted by molar-refractivity contribution is -0.274. The summed E-state index contributed by atoms with van der Waals surface area (Å²) in [5.74, 6) is -0.0317. The molecule has 6 nitrogen and oxygen atoms in total. The van der Waals surface area contributed by atoms with Crippen LogP contribution in [0.3, 0.4) is 0 Å². The Bertz CT molecular complexity index is 731. The van der Waals surface area contributed by atoms with E-state index >= 15 is 0 Å². The number of anilines is 1. The van der Waals surface area contributed by atoms with E-state index in [0.29, 0.717) is 17.2 Å². The summed E-state index contributed by atoms with van der Waals surface area (Å²) in [5, 5.41) is 6.84. The highest BCUT2D eigenvalue weighted by Crippen LogP contribution is 2.28. The van der Waals surface area contributed by atoms with Gasteiger partial charge in [0.15, 0.2) is 0 Å². The Balaban J connectivity index is 2.39. The first kappa shape index (κ1) is 17.6. The van der Waals surface area contributed by atoms with Crippen LogP contribution in [0.25, 0.3) is 5.69 Å². The van der Waals surface area contributed by atoms with Gasteiger partial charge in [-0.1, -0.05) is 20.8 Å². The Morgan fingerprint density at radius 3 is 2.25 bits per heavy atom. The number of amides is 2. The molecular formula is C15H17F3N4O2. The number of carbonyl (C=O) groups is 1. The van der Waals surface area contributed by atoms with Crippen molar-refractivity contribution in [2.45, 2.75) is 32.5 Å². The maximum Gasteiger partial charge on any atom is 0.573 e.